The molecule has 120 valence electrons. The third-order valence-corrected chi connectivity index (χ3v) is 5.01. The molecule has 2 aliphatic rings. The number of rotatable bonds is 3. The Hall–Kier alpha value is -2.99. The van der Waals surface area contributed by atoms with E-state index in [1.807, 2.05) is 24.5 Å². The maximum atomic E-state index is 9.01. The minimum Gasteiger partial charge on any atom is -0.311 e. The smallest absolute Gasteiger partial charge is 0.179 e. The van der Waals surface area contributed by atoms with E-state index in [1.54, 1.807) is 4.90 Å². The van der Waals surface area contributed by atoms with Crippen molar-refractivity contribution in [2.45, 2.75) is 18.3 Å². The van der Waals surface area contributed by atoms with Crippen LogP contribution in [0.3, 0.4) is 0 Å². The van der Waals surface area contributed by atoms with Gasteiger partial charge in [-0.1, -0.05) is 12.1 Å². The molecule has 2 fully saturated rings. The van der Waals surface area contributed by atoms with Crippen molar-refractivity contribution >= 4 is 0 Å². The van der Waals surface area contributed by atoms with Crippen molar-refractivity contribution in [3.8, 4) is 12.3 Å². The van der Waals surface area contributed by atoms with Gasteiger partial charge in [0.15, 0.2) is 6.19 Å². The summed E-state index contributed by atoms with van der Waals surface area (Å²) in [6.07, 6.45) is 7.17. The van der Waals surface area contributed by atoms with Crippen molar-refractivity contribution in [1.82, 2.24) is 14.6 Å². The van der Waals surface area contributed by atoms with Gasteiger partial charge in [0, 0.05) is 44.2 Å². The summed E-state index contributed by atoms with van der Waals surface area (Å²) in [6.45, 7) is 3.46. The number of imidazole rings is 1. The van der Waals surface area contributed by atoms with Crippen molar-refractivity contribution in [3.63, 3.8) is 0 Å². The van der Waals surface area contributed by atoms with Crippen LogP contribution >= 0.6 is 0 Å². The van der Waals surface area contributed by atoms with Crippen LogP contribution in [0.15, 0.2) is 36.8 Å². The van der Waals surface area contributed by atoms with Crippen LogP contribution in [-0.4, -0.2) is 40.7 Å². The van der Waals surface area contributed by atoms with Crippen molar-refractivity contribution in [3.05, 3.63) is 53.6 Å². The third-order valence-electron chi connectivity index (χ3n) is 5.01. The molecule has 1 aromatic carbocycles. The largest absolute Gasteiger partial charge is 0.311 e. The van der Waals surface area contributed by atoms with Crippen LogP contribution in [0.1, 0.15) is 35.1 Å². The summed E-state index contributed by atoms with van der Waals surface area (Å²) in [5, 5.41) is 20.2. The first-order valence-corrected chi connectivity index (χ1v) is 8.20. The van der Waals surface area contributed by atoms with Crippen LogP contribution in [0.25, 0.3) is 0 Å². The van der Waals surface area contributed by atoms with Gasteiger partial charge in [-0.2, -0.15) is 10.5 Å². The average Bonchev–Trinajstić information content (AvgIpc) is 3.22. The van der Waals surface area contributed by atoms with Gasteiger partial charge < -0.3 is 9.91 Å². The summed E-state index contributed by atoms with van der Waals surface area (Å²) in [5.41, 5.74) is 3.02. The molecule has 0 aliphatic carbocycles. The Morgan fingerprint density at radius 1 is 1.12 bits per heavy atom. The van der Waals surface area contributed by atoms with Gasteiger partial charge in [-0.25, -0.2) is 4.98 Å². The Morgan fingerprint density at radius 2 is 2.00 bits per heavy atom. The summed E-state index contributed by atoms with van der Waals surface area (Å²) in [7, 11) is 0. The number of nitriles is 2. The number of benzene rings is 1. The summed E-state index contributed by atoms with van der Waals surface area (Å²) in [4.78, 5) is 6.33. The summed E-state index contributed by atoms with van der Waals surface area (Å²) in [5.74, 6) is 0.819. The molecule has 0 amide bonds. The molecule has 2 saturated heterocycles. The average molecular weight is 318 g/mol. The standard InChI is InChI=1S/C18H18N6/c19-7-14-2-1-3-15(6-14)17-9-23(10-17)24-11-18(21-13-24)16-4-5-22(8-16)12-20/h1-3,6,11,13,16-17H,4-5,8-10H2. The highest BCUT2D eigenvalue weighted by molar-refractivity contribution is 5.37. The molecule has 1 aromatic heterocycles. The summed E-state index contributed by atoms with van der Waals surface area (Å²) >= 11 is 0. The van der Waals surface area contributed by atoms with Gasteiger partial charge in [0.1, 0.15) is 6.33 Å². The van der Waals surface area contributed by atoms with Gasteiger partial charge in [-0.15, -0.1) is 0 Å². The van der Waals surface area contributed by atoms with Gasteiger partial charge in [0.25, 0.3) is 0 Å². The molecule has 6 nitrogen and oxygen atoms in total. The Kier molecular flexibility index (Phi) is 3.59. The minimum absolute atomic E-state index is 0.357. The second kappa shape index (κ2) is 5.90. The molecule has 1 unspecified atom stereocenters. The van der Waals surface area contributed by atoms with Crippen molar-refractivity contribution < 1.29 is 0 Å². The fourth-order valence-electron chi connectivity index (χ4n) is 3.50. The molecule has 2 aromatic rings. The summed E-state index contributed by atoms with van der Waals surface area (Å²) in [6, 6.07) is 10.1. The van der Waals surface area contributed by atoms with Crippen LogP contribution in [0.5, 0.6) is 0 Å². The van der Waals surface area contributed by atoms with E-state index in [9.17, 15) is 0 Å². The van der Waals surface area contributed by atoms with Gasteiger partial charge in [-0.3, -0.25) is 4.68 Å². The first kappa shape index (κ1) is 14.6. The fourth-order valence-corrected chi connectivity index (χ4v) is 3.50. The quantitative estimate of drug-likeness (QED) is 0.806. The third kappa shape index (κ3) is 2.57. The second-order valence-electron chi connectivity index (χ2n) is 6.52. The lowest BCUT2D eigenvalue weighted by atomic mass is 9.92. The Labute approximate surface area is 141 Å². The normalized spacial score (nSPS) is 20.5. The van der Waals surface area contributed by atoms with Gasteiger partial charge >= 0.3 is 0 Å². The van der Waals surface area contributed by atoms with Crippen LogP contribution in [-0.2, 0) is 0 Å². The monoisotopic (exact) mass is 318 g/mol. The van der Waals surface area contributed by atoms with Crippen LogP contribution in [0.4, 0.5) is 0 Å². The number of likely N-dealkylation sites (tertiary alicyclic amines) is 1. The molecule has 24 heavy (non-hydrogen) atoms. The lowest BCUT2D eigenvalue weighted by Crippen LogP contribution is -2.51. The number of hydrogen-bond donors (Lipinski definition) is 0. The van der Waals surface area contributed by atoms with E-state index in [0.717, 1.165) is 43.9 Å². The van der Waals surface area contributed by atoms with E-state index >= 15 is 0 Å². The molecule has 3 heterocycles. The molecule has 0 spiro atoms. The Bertz CT molecular complexity index is 821. The zero-order valence-corrected chi connectivity index (χ0v) is 13.3. The van der Waals surface area contributed by atoms with Gasteiger partial charge in [-0.05, 0) is 24.1 Å². The van der Waals surface area contributed by atoms with Crippen LogP contribution < -0.4 is 5.01 Å². The number of aromatic nitrogens is 2. The van der Waals surface area contributed by atoms with Crippen molar-refractivity contribution in [1.29, 1.82) is 10.5 Å². The first-order chi connectivity index (χ1) is 11.8. The fraction of sp³-hybridized carbons (Fsp3) is 0.389. The van der Waals surface area contributed by atoms with E-state index < -0.39 is 0 Å². The Balaban J connectivity index is 1.39. The molecule has 1 atom stereocenters. The number of hydrogen-bond acceptors (Lipinski definition) is 5. The van der Waals surface area contributed by atoms with Crippen molar-refractivity contribution in [2.75, 3.05) is 31.2 Å². The summed E-state index contributed by atoms with van der Waals surface area (Å²) < 4.78 is 2.06. The predicted octanol–water partition coefficient (Wildman–Crippen LogP) is 1.76. The molecule has 4 rings (SSSR count). The molecule has 0 bridgehead atoms. The maximum Gasteiger partial charge on any atom is 0.179 e. The highest BCUT2D eigenvalue weighted by Crippen LogP contribution is 2.29. The van der Waals surface area contributed by atoms with Crippen LogP contribution in [0, 0.1) is 22.8 Å². The SMILES string of the molecule is N#Cc1cccc(C2CN(n3cnc(C4CCN(C#N)C4)c3)C2)c1. The first-order valence-electron chi connectivity index (χ1n) is 8.20. The highest BCUT2D eigenvalue weighted by Gasteiger charge is 2.30. The zero-order chi connectivity index (χ0) is 16.5. The molecule has 2 aliphatic heterocycles. The second-order valence-corrected chi connectivity index (χ2v) is 6.52. The van der Waals surface area contributed by atoms with Gasteiger partial charge in [0.05, 0.1) is 17.3 Å². The van der Waals surface area contributed by atoms with E-state index in [2.05, 4.69) is 39.2 Å². The van der Waals surface area contributed by atoms with E-state index in [-0.39, 0.29) is 0 Å². The van der Waals surface area contributed by atoms with Crippen molar-refractivity contribution in [2.24, 2.45) is 0 Å². The maximum absolute atomic E-state index is 9.01. The van der Waals surface area contributed by atoms with Crippen LogP contribution in [0.2, 0.25) is 0 Å². The van der Waals surface area contributed by atoms with Gasteiger partial charge in [0.2, 0.25) is 0 Å². The molecular weight excluding hydrogens is 300 g/mol. The lowest BCUT2D eigenvalue weighted by molar-refractivity contribution is 0.412. The topological polar surface area (TPSA) is 71.9 Å². The molecule has 0 saturated carbocycles. The molecule has 0 N–H and O–H groups in total. The van der Waals surface area contributed by atoms with E-state index in [1.165, 1.54) is 5.56 Å². The predicted molar refractivity (Wildman–Crippen MR) is 88.6 cm³/mol. The Morgan fingerprint density at radius 3 is 2.75 bits per heavy atom. The molecule has 6 heteroatoms. The van der Waals surface area contributed by atoms with E-state index in [0.29, 0.717) is 11.8 Å². The molecular formula is C18H18N6. The zero-order valence-electron chi connectivity index (χ0n) is 13.3. The molecule has 0 radical (unpaired) electrons. The highest BCUT2D eigenvalue weighted by atomic mass is 15.6. The number of nitrogens with zero attached hydrogens (tertiary/aromatic N) is 6. The minimum atomic E-state index is 0.357. The van der Waals surface area contributed by atoms with E-state index in [4.69, 9.17) is 10.5 Å². The lowest BCUT2D eigenvalue weighted by Gasteiger charge is -2.41.